The monoisotopic (exact) mass is 279 g/mol. The van der Waals surface area contributed by atoms with Gasteiger partial charge in [0.05, 0.1) is 11.7 Å². The van der Waals surface area contributed by atoms with Crippen LogP contribution in [-0.2, 0) is 4.74 Å². The van der Waals surface area contributed by atoms with Crippen LogP contribution < -0.4 is 15.8 Å². The van der Waals surface area contributed by atoms with Crippen molar-refractivity contribution in [3.63, 3.8) is 0 Å². The topological polar surface area (TPSA) is 86.5 Å². The molecule has 0 aliphatic heterocycles. The van der Waals surface area contributed by atoms with Gasteiger partial charge in [-0.15, -0.1) is 0 Å². The second-order valence-corrected chi connectivity index (χ2v) is 6.11. The predicted octanol–water partition coefficient (Wildman–Crippen LogP) is 2.10. The van der Waals surface area contributed by atoms with Crippen LogP contribution in [0.1, 0.15) is 33.6 Å². The number of hydrogen-bond donors (Lipinski definition) is 2. The van der Waals surface area contributed by atoms with E-state index < -0.39 is 11.7 Å². The number of rotatable bonds is 4. The number of carbonyl (C=O) groups excluding carboxylic acids is 1. The molecule has 1 fully saturated rings. The number of nitrogens with zero attached hydrogens (tertiary/aromatic N) is 1. The Morgan fingerprint density at radius 1 is 1.45 bits per heavy atom. The molecule has 1 heterocycles. The van der Waals surface area contributed by atoms with Gasteiger partial charge in [-0.1, -0.05) is 0 Å². The number of nitrogens with one attached hydrogen (secondary N) is 1. The SMILES string of the molecule is CC(C)(C)OC(=O)NC1(COc2ccc(N)nc2)CC1. The fourth-order valence-corrected chi connectivity index (χ4v) is 1.68. The van der Waals surface area contributed by atoms with Gasteiger partial charge in [-0.05, 0) is 45.7 Å². The third-order valence-corrected chi connectivity index (χ3v) is 2.89. The molecule has 6 heteroatoms. The fraction of sp³-hybridized carbons (Fsp3) is 0.571. The molecule has 1 aliphatic rings. The van der Waals surface area contributed by atoms with Gasteiger partial charge in [0.2, 0.25) is 0 Å². The Labute approximate surface area is 118 Å². The number of carbonyl (C=O) groups is 1. The van der Waals surface area contributed by atoms with Gasteiger partial charge in [0.25, 0.3) is 0 Å². The van der Waals surface area contributed by atoms with E-state index in [-0.39, 0.29) is 5.54 Å². The van der Waals surface area contributed by atoms with E-state index in [9.17, 15) is 4.79 Å². The molecule has 20 heavy (non-hydrogen) atoms. The highest BCUT2D eigenvalue weighted by Gasteiger charge is 2.46. The van der Waals surface area contributed by atoms with Gasteiger partial charge in [0.15, 0.2) is 0 Å². The van der Waals surface area contributed by atoms with Crippen LogP contribution in [0.25, 0.3) is 0 Å². The second kappa shape index (κ2) is 5.19. The molecule has 0 atom stereocenters. The van der Waals surface area contributed by atoms with Gasteiger partial charge >= 0.3 is 6.09 Å². The third-order valence-electron chi connectivity index (χ3n) is 2.89. The summed E-state index contributed by atoms with van der Waals surface area (Å²) in [6.45, 7) is 5.91. The summed E-state index contributed by atoms with van der Waals surface area (Å²) >= 11 is 0. The Morgan fingerprint density at radius 2 is 2.15 bits per heavy atom. The van der Waals surface area contributed by atoms with Crippen LogP contribution >= 0.6 is 0 Å². The summed E-state index contributed by atoms with van der Waals surface area (Å²) < 4.78 is 10.9. The van der Waals surface area contributed by atoms with Crippen LogP contribution in [0.5, 0.6) is 5.75 Å². The molecule has 0 radical (unpaired) electrons. The molecule has 6 nitrogen and oxygen atoms in total. The molecule has 2 rings (SSSR count). The van der Waals surface area contributed by atoms with Crippen molar-refractivity contribution in [1.82, 2.24) is 10.3 Å². The van der Waals surface area contributed by atoms with Crippen molar-refractivity contribution in [1.29, 1.82) is 0 Å². The van der Waals surface area contributed by atoms with E-state index in [1.54, 1.807) is 18.3 Å². The molecule has 1 aliphatic carbocycles. The van der Waals surface area contributed by atoms with Crippen molar-refractivity contribution in [2.24, 2.45) is 0 Å². The number of nitrogen functional groups attached to an aromatic ring is 1. The van der Waals surface area contributed by atoms with Crippen LogP contribution in [0.3, 0.4) is 0 Å². The maximum absolute atomic E-state index is 11.8. The molecule has 0 spiro atoms. The van der Waals surface area contributed by atoms with Crippen molar-refractivity contribution in [2.75, 3.05) is 12.3 Å². The second-order valence-electron chi connectivity index (χ2n) is 6.11. The van der Waals surface area contributed by atoms with Crippen LogP contribution in [-0.4, -0.2) is 28.8 Å². The highest BCUT2D eigenvalue weighted by Crippen LogP contribution is 2.36. The maximum atomic E-state index is 11.8. The minimum Gasteiger partial charge on any atom is -0.490 e. The number of hydrogen-bond acceptors (Lipinski definition) is 5. The quantitative estimate of drug-likeness (QED) is 0.881. The highest BCUT2D eigenvalue weighted by atomic mass is 16.6. The lowest BCUT2D eigenvalue weighted by atomic mass is 10.2. The fourth-order valence-electron chi connectivity index (χ4n) is 1.68. The molecule has 1 amide bonds. The van der Waals surface area contributed by atoms with Crippen molar-refractivity contribution < 1.29 is 14.3 Å². The molecular weight excluding hydrogens is 258 g/mol. The van der Waals surface area contributed by atoms with Gasteiger partial charge in [-0.25, -0.2) is 9.78 Å². The number of anilines is 1. The van der Waals surface area contributed by atoms with Crippen molar-refractivity contribution >= 4 is 11.9 Å². The molecular formula is C14H21N3O3. The molecule has 0 unspecified atom stereocenters. The third kappa shape index (κ3) is 4.29. The molecule has 1 aromatic heterocycles. The van der Waals surface area contributed by atoms with Gasteiger partial charge in [0.1, 0.15) is 23.8 Å². The Hall–Kier alpha value is -1.98. The normalized spacial score (nSPS) is 16.4. The van der Waals surface area contributed by atoms with E-state index in [0.717, 1.165) is 12.8 Å². The minimum absolute atomic E-state index is 0.316. The average molecular weight is 279 g/mol. The average Bonchev–Trinajstić information content (AvgIpc) is 3.06. The molecule has 1 aromatic rings. The Bertz CT molecular complexity index is 475. The molecule has 110 valence electrons. The van der Waals surface area contributed by atoms with E-state index in [4.69, 9.17) is 15.2 Å². The van der Waals surface area contributed by atoms with Crippen molar-refractivity contribution in [2.45, 2.75) is 44.8 Å². The number of aromatic nitrogens is 1. The molecule has 3 N–H and O–H groups in total. The first kappa shape index (κ1) is 14.4. The summed E-state index contributed by atoms with van der Waals surface area (Å²) in [7, 11) is 0. The first-order valence-corrected chi connectivity index (χ1v) is 6.64. The number of pyridine rings is 1. The zero-order valence-electron chi connectivity index (χ0n) is 12.1. The first-order chi connectivity index (χ1) is 9.28. The van der Waals surface area contributed by atoms with Crippen LogP contribution in [0.4, 0.5) is 10.6 Å². The summed E-state index contributed by atoms with van der Waals surface area (Å²) in [5.74, 6) is 1.09. The van der Waals surface area contributed by atoms with E-state index in [2.05, 4.69) is 10.3 Å². The Kier molecular flexibility index (Phi) is 3.74. The summed E-state index contributed by atoms with van der Waals surface area (Å²) in [5, 5.41) is 2.87. The summed E-state index contributed by atoms with van der Waals surface area (Å²) in [6.07, 6.45) is 2.93. The lowest BCUT2D eigenvalue weighted by molar-refractivity contribution is 0.0477. The minimum atomic E-state index is -0.498. The smallest absolute Gasteiger partial charge is 0.408 e. The number of alkyl carbamates (subject to hydrolysis) is 1. The Morgan fingerprint density at radius 3 is 2.65 bits per heavy atom. The van der Waals surface area contributed by atoms with Crippen LogP contribution in [0.2, 0.25) is 0 Å². The van der Waals surface area contributed by atoms with Gasteiger partial charge in [-0.3, -0.25) is 0 Å². The van der Waals surface area contributed by atoms with E-state index >= 15 is 0 Å². The molecule has 0 bridgehead atoms. The van der Waals surface area contributed by atoms with E-state index in [1.165, 1.54) is 0 Å². The summed E-state index contributed by atoms with van der Waals surface area (Å²) in [5.41, 5.74) is 4.69. The van der Waals surface area contributed by atoms with Crippen molar-refractivity contribution in [3.05, 3.63) is 18.3 Å². The Balaban J connectivity index is 1.83. The summed E-state index contributed by atoms with van der Waals surface area (Å²) in [4.78, 5) is 15.7. The van der Waals surface area contributed by atoms with Crippen LogP contribution in [0.15, 0.2) is 18.3 Å². The van der Waals surface area contributed by atoms with Gasteiger partial charge in [0, 0.05) is 0 Å². The number of ether oxygens (including phenoxy) is 2. The summed E-state index contributed by atoms with van der Waals surface area (Å²) in [6, 6.07) is 3.43. The zero-order valence-corrected chi connectivity index (χ0v) is 12.1. The van der Waals surface area contributed by atoms with E-state index in [1.807, 2.05) is 20.8 Å². The highest BCUT2D eigenvalue weighted by molar-refractivity contribution is 5.69. The molecule has 0 aromatic carbocycles. The zero-order chi connectivity index (χ0) is 14.8. The number of nitrogens with two attached hydrogens (primary N) is 1. The lowest BCUT2D eigenvalue weighted by Crippen LogP contribution is -2.44. The standard InChI is InChI=1S/C14H21N3O3/c1-13(2,3)20-12(18)17-14(6-7-14)9-19-10-4-5-11(15)16-8-10/h4-5,8H,6-7,9H2,1-3H3,(H2,15,16)(H,17,18). The number of amides is 1. The van der Waals surface area contributed by atoms with E-state index in [0.29, 0.717) is 18.2 Å². The van der Waals surface area contributed by atoms with Gasteiger partial charge in [-0.2, -0.15) is 0 Å². The van der Waals surface area contributed by atoms with Crippen molar-refractivity contribution in [3.8, 4) is 5.75 Å². The first-order valence-electron chi connectivity index (χ1n) is 6.64. The predicted molar refractivity (Wildman–Crippen MR) is 75.5 cm³/mol. The maximum Gasteiger partial charge on any atom is 0.408 e. The molecule has 1 saturated carbocycles. The van der Waals surface area contributed by atoms with Crippen LogP contribution in [0, 0.1) is 0 Å². The van der Waals surface area contributed by atoms with Gasteiger partial charge < -0.3 is 20.5 Å². The lowest BCUT2D eigenvalue weighted by Gasteiger charge is -2.23. The largest absolute Gasteiger partial charge is 0.490 e. The molecule has 0 saturated heterocycles.